The summed E-state index contributed by atoms with van der Waals surface area (Å²) in [5.41, 5.74) is 0.0417. The van der Waals surface area contributed by atoms with Gasteiger partial charge in [0.05, 0.1) is 24.7 Å². The molecule has 1 heterocycles. The molecule has 0 unspecified atom stereocenters. The number of methoxy groups -OCH3 is 1. The summed E-state index contributed by atoms with van der Waals surface area (Å²) in [5, 5.41) is 13.8. The molecule has 1 rings (SSSR count). The third kappa shape index (κ3) is 5.48. The van der Waals surface area contributed by atoms with Crippen molar-refractivity contribution in [2.75, 3.05) is 45.9 Å². The molecule has 0 radical (unpaired) electrons. The first-order valence-electron chi connectivity index (χ1n) is 6.50. The van der Waals surface area contributed by atoms with E-state index in [1.54, 1.807) is 21.1 Å². The van der Waals surface area contributed by atoms with Crippen LogP contribution in [0.4, 0.5) is 11.6 Å². The van der Waals surface area contributed by atoms with Crippen LogP contribution < -0.4 is 10.1 Å². The van der Waals surface area contributed by atoms with E-state index in [9.17, 15) is 10.1 Å². The van der Waals surface area contributed by atoms with Crippen LogP contribution in [0.25, 0.3) is 0 Å². The molecule has 0 aliphatic heterocycles. The highest BCUT2D eigenvalue weighted by Crippen LogP contribution is 2.28. The highest BCUT2D eigenvalue weighted by molar-refractivity contribution is 5.48. The minimum atomic E-state index is -0.542. The summed E-state index contributed by atoms with van der Waals surface area (Å²) in [7, 11) is 3.23. The first-order chi connectivity index (χ1) is 10.1. The third-order valence-electron chi connectivity index (χ3n) is 2.54. The summed E-state index contributed by atoms with van der Waals surface area (Å²) in [6.45, 7) is 3.34. The summed E-state index contributed by atoms with van der Waals surface area (Å²) in [5.74, 6) is 0.248. The second-order valence-electron chi connectivity index (χ2n) is 4.10. The predicted molar refractivity (Wildman–Crippen MR) is 75.8 cm³/mol. The van der Waals surface area contributed by atoms with E-state index in [0.29, 0.717) is 26.2 Å². The van der Waals surface area contributed by atoms with Crippen LogP contribution in [0, 0.1) is 17.0 Å². The van der Waals surface area contributed by atoms with E-state index >= 15 is 0 Å². The molecule has 0 atom stereocenters. The molecule has 0 aliphatic carbocycles. The Hall–Kier alpha value is -2.00. The van der Waals surface area contributed by atoms with Gasteiger partial charge in [-0.2, -0.15) is 4.98 Å². The smallest absolute Gasteiger partial charge is 0.352 e. The molecule has 9 heteroatoms. The molecule has 0 fully saturated rings. The zero-order valence-electron chi connectivity index (χ0n) is 12.4. The Morgan fingerprint density at radius 2 is 2.00 bits per heavy atom. The molecule has 1 aromatic heterocycles. The summed E-state index contributed by atoms with van der Waals surface area (Å²) in [6, 6.07) is 0. The van der Waals surface area contributed by atoms with Crippen molar-refractivity contribution in [1.29, 1.82) is 0 Å². The van der Waals surface area contributed by atoms with Gasteiger partial charge in [-0.15, -0.1) is 0 Å². The van der Waals surface area contributed by atoms with Crippen LogP contribution in [-0.2, 0) is 9.47 Å². The van der Waals surface area contributed by atoms with Crippen LogP contribution in [0.3, 0.4) is 0 Å². The highest BCUT2D eigenvalue weighted by atomic mass is 16.6. The van der Waals surface area contributed by atoms with Crippen LogP contribution in [-0.4, -0.2) is 55.5 Å². The number of aromatic nitrogens is 2. The lowest BCUT2D eigenvalue weighted by molar-refractivity contribution is -0.387. The number of aryl methyl sites for hydroxylation is 1. The Labute approximate surface area is 122 Å². The van der Waals surface area contributed by atoms with Crippen molar-refractivity contribution in [3.8, 4) is 5.88 Å². The molecular formula is C12H20N4O5. The van der Waals surface area contributed by atoms with Crippen molar-refractivity contribution in [2.24, 2.45) is 0 Å². The van der Waals surface area contributed by atoms with Gasteiger partial charge in [-0.05, 0) is 6.92 Å². The lowest BCUT2D eigenvalue weighted by Crippen LogP contribution is -2.10. The maximum atomic E-state index is 11.0. The van der Waals surface area contributed by atoms with Gasteiger partial charge in [-0.25, -0.2) is 4.98 Å². The van der Waals surface area contributed by atoms with Crippen molar-refractivity contribution < 1.29 is 19.1 Å². The number of nitro groups is 1. The Balaban J connectivity index is 2.56. The van der Waals surface area contributed by atoms with Crippen molar-refractivity contribution >= 4 is 11.6 Å². The summed E-state index contributed by atoms with van der Waals surface area (Å²) in [4.78, 5) is 18.4. The molecule has 0 saturated heterocycles. The topological polar surface area (TPSA) is 109 Å². The Kier molecular flexibility index (Phi) is 7.33. The largest absolute Gasteiger partial charge is 0.473 e. The molecule has 0 spiro atoms. The molecule has 0 amide bonds. The average molecular weight is 300 g/mol. The summed E-state index contributed by atoms with van der Waals surface area (Å²) < 4.78 is 15.5. The molecule has 0 bridgehead atoms. The minimum absolute atomic E-state index is 0.0336. The van der Waals surface area contributed by atoms with Crippen LogP contribution in [0.15, 0.2) is 0 Å². The molecule has 0 saturated carbocycles. The van der Waals surface area contributed by atoms with Crippen molar-refractivity contribution in [3.63, 3.8) is 0 Å². The normalized spacial score (nSPS) is 10.4. The molecular weight excluding hydrogens is 280 g/mol. The van der Waals surface area contributed by atoms with Crippen molar-refractivity contribution in [3.05, 3.63) is 15.8 Å². The predicted octanol–water partition coefficient (Wildman–Crippen LogP) is 1.17. The number of hydrogen-bond acceptors (Lipinski definition) is 8. The van der Waals surface area contributed by atoms with E-state index < -0.39 is 4.92 Å². The molecule has 118 valence electrons. The number of rotatable bonds is 10. The maximum Gasteiger partial charge on any atom is 0.352 e. The minimum Gasteiger partial charge on any atom is -0.473 e. The van der Waals surface area contributed by atoms with Gasteiger partial charge in [0.1, 0.15) is 5.69 Å². The SMILES string of the molecule is CNc1nc(C)c([N+](=O)[O-])c(OCCCOCCOC)n1. The van der Waals surface area contributed by atoms with Crippen molar-refractivity contribution in [2.45, 2.75) is 13.3 Å². The highest BCUT2D eigenvalue weighted by Gasteiger charge is 2.23. The van der Waals surface area contributed by atoms with Gasteiger partial charge in [-0.3, -0.25) is 10.1 Å². The molecule has 1 aromatic rings. The van der Waals surface area contributed by atoms with Gasteiger partial charge in [0.15, 0.2) is 0 Å². The first kappa shape index (κ1) is 17.1. The fraction of sp³-hybridized carbons (Fsp3) is 0.667. The fourth-order valence-electron chi connectivity index (χ4n) is 1.54. The second-order valence-corrected chi connectivity index (χ2v) is 4.10. The molecule has 21 heavy (non-hydrogen) atoms. The number of nitrogens with zero attached hydrogens (tertiary/aromatic N) is 3. The molecule has 0 aliphatic rings. The van der Waals surface area contributed by atoms with Gasteiger partial charge < -0.3 is 19.5 Å². The van der Waals surface area contributed by atoms with Gasteiger partial charge in [-0.1, -0.05) is 0 Å². The Morgan fingerprint density at radius 3 is 2.62 bits per heavy atom. The average Bonchev–Trinajstić information content (AvgIpc) is 2.45. The monoisotopic (exact) mass is 300 g/mol. The van der Waals surface area contributed by atoms with E-state index in [-0.39, 0.29) is 29.8 Å². The summed E-state index contributed by atoms with van der Waals surface area (Å²) in [6.07, 6.45) is 0.596. The number of anilines is 1. The first-order valence-corrected chi connectivity index (χ1v) is 6.50. The fourth-order valence-corrected chi connectivity index (χ4v) is 1.54. The summed E-state index contributed by atoms with van der Waals surface area (Å²) >= 11 is 0. The Morgan fingerprint density at radius 1 is 1.24 bits per heavy atom. The van der Waals surface area contributed by atoms with E-state index in [1.165, 1.54) is 0 Å². The molecule has 0 aromatic carbocycles. The van der Waals surface area contributed by atoms with Crippen LogP contribution in [0.2, 0.25) is 0 Å². The number of ether oxygens (including phenoxy) is 3. The van der Waals surface area contributed by atoms with Gasteiger partial charge in [0.25, 0.3) is 5.88 Å². The maximum absolute atomic E-state index is 11.0. The molecule has 9 nitrogen and oxygen atoms in total. The second kappa shape index (κ2) is 9.03. The lowest BCUT2D eigenvalue weighted by Gasteiger charge is -2.09. The molecule has 1 N–H and O–H groups in total. The Bertz CT molecular complexity index is 469. The van der Waals surface area contributed by atoms with Crippen molar-refractivity contribution in [1.82, 2.24) is 9.97 Å². The zero-order valence-corrected chi connectivity index (χ0v) is 12.4. The number of nitrogens with one attached hydrogen (secondary N) is 1. The van der Waals surface area contributed by atoms with E-state index in [4.69, 9.17) is 14.2 Å². The van der Waals surface area contributed by atoms with E-state index in [1.807, 2.05) is 0 Å². The standard InChI is InChI=1S/C12H20N4O5/c1-9-10(16(17)18)11(15-12(13-2)14-9)21-6-4-5-20-8-7-19-3/h4-8H2,1-3H3,(H,13,14,15). The van der Waals surface area contributed by atoms with Crippen LogP contribution in [0.1, 0.15) is 12.1 Å². The van der Waals surface area contributed by atoms with E-state index in [2.05, 4.69) is 15.3 Å². The van der Waals surface area contributed by atoms with Crippen LogP contribution >= 0.6 is 0 Å². The quantitative estimate of drug-likeness (QED) is 0.389. The zero-order chi connectivity index (χ0) is 15.7. The van der Waals surface area contributed by atoms with Gasteiger partial charge >= 0.3 is 5.69 Å². The lowest BCUT2D eigenvalue weighted by atomic mass is 10.3. The van der Waals surface area contributed by atoms with Crippen LogP contribution in [0.5, 0.6) is 5.88 Å². The van der Waals surface area contributed by atoms with E-state index in [0.717, 1.165) is 0 Å². The van der Waals surface area contributed by atoms with Gasteiger partial charge in [0.2, 0.25) is 5.95 Å². The number of hydrogen-bond donors (Lipinski definition) is 1. The third-order valence-corrected chi connectivity index (χ3v) is 2.54. The van der Waals surface area contributed by atoms with Gasteiger partial charge in [0, 0.05) is 27.2 Å².